The van der Waals surface area contributed by atoms with Crippen LogP contribution in [0.4, 0.5) is 0 Å². The first-order valence-corrected chi connectivity index (χ1v) is 9.63. The van der Waals surface area contributed by atoms with Crippen molar-refractivity contribution in [2.24, 2.45) is 4.99 Å². The molecule has 0 aliphatic carbocycles. The maximum Gasteiger partial charge on any atom is 0.191 e. The summed E-state index contributed by atoms with van der Waals surface area (Å²) in [7, 11) is 3.99. The van der Waals surface area contributed by atoms with Gasteiger partial charge in [-0.3, -0.25) is 4.99 Å². The summed E-state index contributed by atoms with van der Waals surface area (Å²) >= 11 is 0. The van der Waals surface area contributed by atoms with E-state index in [1.807, 2.05) is 13.1 Å². The standard InChI is InChI=1S/C20H34N6/c1-6-16(2)25(5)15-13-23-20(21-4)22-12-9-14-26-17(3)24-18-10-7-8-11-19(18)26/h7-8,10-11,16H,6,9,12-15H2,1-5H3,(H2,21,22,23). The molecule has 144 valence electrons. The number of hydrogen-bond donors (Lipinski definition) is 2. The third-order valence-electron chi connectivity index (χ3n) is 5.02. The first-order chi connectivity index (χ1) is 12.6. The van der Waals surface area contributed by atoms with E-state index in [1.54, 1.807) is 0 Å². The molecule has 0 saturated carbocycles. The number of fused-ring (bicyclic) bond motifs is 1. The summed E-state index contributed by atoms with van der Waals surface area (Å²) in [6.07, 6.45) is 2.19. The molecule has 0 saturated heterocycles. The van der Waals surface area contributed by atoms with Crippen LogP contribution >= 0.6 is 0 Å². The smallest absolute Gasteiger partial charge is 0.191 e. The van der Waals surface area contributed by atoms with Gasteiger partial charge in [0.2, 0.25) is 0 Å². The van der Waals surface area contributed by atoms with Gasteiger partial charge in [-0.15, -0.1) is 0 Å². The number of imidazole rings is 1. The van der Waals surface area contributed by atoms with Gasteiger partial charge in [-0.05, 0) is 45.9 Å². The minimum atomic E-state index is 0.611. The first kappa shape index (κ1) is 20.2. The number of likely N-dealkylation sites (N-methyl/N-ethyl adjacent to an activating group) is 1. The molecule has 1 aromatic heterocycles. The number of nitrogens with zero attached hydrogens (tertiary/aromatic N) is 4. The lowest BCUT2D eigenvalue weighted by Gasteiger charge is -2.24. The molecule has 0 radical (unpaired) electrons. The minimum Gasteiger partial charge on any atom is -0.356 e. The van der Waals surface area contributed by atoms with Crippen molar-refractivity contribution in [2.75, 3.05) is 33.7 Å². The van der Waals surface area contributed by atoms with E-state index in [2.05, 4.69) is 76.1 Å². The molecule has 1 atom stereocenters. The second-order valence-corrected chi connectivity index (χ2v) is 6.82. The molecule has 0 aliphatic heterocycles. The summed E-state index contributed by atoms with van der Waals surface area (Å²) in [5.74, 6) is 1.94. The van der Waals surface area contributed by atoms with E-state index in [0.717, 1.165) is 49.9 Å². The highest BCUT2D eigenvalue weighted by molar-refractivity contribution is 5.79. The van der Waals surface area contributed by atoms with Gasteiger partial charge in [0.1, 0.15) is 5.82 Å². The van der Waals surface area contributed by atoms with Crippen molar-refractivity contribution in [3.63, 3.8) is 0 Å². The average molecular weight is 359 g/mol. The maximum absolute atomic E-state index is 4.62. The van der Waals surface area contributed by atoms with Crippen LogP contribution in [0.1, 0.15) is 32.5 Å². The third-order valence-corrected chi connectivity index (χ3v) is 5.02. The van der Waals surface area contributed by atoms with Gasteiger partial charge in [0, 0.05) is 39.3 Å². The Balaban J connectivity index is 1.73. The Bertz CT molecular complexity index is 705. The van der Waals surface area contributed by atoms with Crippen molar-refractivity contribution >= 4 is 17.0 Å². The summed E-state index contributed by atoms with van der Waals surface area (Å²) in [6, 6.07) is 8.92. The number of rotatable bonds is 9. The molecule has 0 bridgehead atoms. The van der Waals surface area contributed by atoms with Gasteiger partial charge in [0.25, 0.3) is 0 Å². The van der Waals surface area contributed by atoms with Crippen molar-refractivity contribution in [1.82, 2.24) is 25.1 Å². The van der Waals surface area contributed by atoms with Gasteiger partial charge in [-0.2, -0.15) is 0 Å². The van der Waals surface area contributed by atoms with Gasteiger partial charge in [-0.1, -0.05) is 19.1 Å². The van der Waals surface area contributed by atoms with E-state index in [1.165, 1.54) is 11.9 Å². The Morgan fingerprint density at radius 2 is 2.00 bits per heavy atom. The van der Waals surface area contributed by atoms with Crippen molar-refractivity contribution in [3.8, 4) is 0 Å². The van der Waals surface area contributed by atoms with Crippen LogP contribution in [0.5, 0.6) is 0 Å². The number of guanidine groups is 1. The zero-order valence-electron chi connectivity index (χ0n) is 16.9. The lowest BCUT2D eigenvalue weighted by molar-refractivity contribution is 0.255. The molecule has 2 rings (SSSR count). The van der Waals surface area contributed by atoms with Crippen LogP contribution in [0, 0.1) is 6.92 Å². The van der Waals surface area contributed by atoms with Gasteiger partial charge >= 0.3 is 0 Å². The highest BCUT2D eigenvalue weighted by Crippen LogP contribution is 2.15. The topological polar surface area (TPSA) is 57.5 Å². The molecule has 0 aliphatic rings. The monoisotopic (exact) mass is 358 g/mol. The quantitative estimate of drug-likeness (QED) is 0.411. The van der Waals surface area contributed by atoms with E-state index in [9.17, 15) is 0 Å². The number of benzene rings is 1. The SMILES string of the molecule is CCC(C)N(C)CCNC(=NC)NCCCn1c(C)nc2ccccc21. The first-order valence-electron chi connectivity index (χ1n) is 9.63. The van der Waals surface area contributed by atoms with Gasteiger partial charge in [-0.25, -0.2) is 4.98 Å². The minimum absolute atomic E-state index is 0.611. The molecule has 26 heavy (non-hydrogen) atoms. The molecule has 0 spiro atoms. The van der Waals surface area contributed by atoms with E-state index in [0.29, 0.717) is 6.04 Å². The molecule has 2 N–H and O–H groups in total. The Morgan fingerprint density at radius 1 is 1.27 bits per heavy atom. The molecule has 6 nitrogen and oxygen atoms in total. The number of aromatic nitrogens is 2. The van der Waals surface area contributed by atoms with Crippen molar-refractivity contribution in [2.45, 2.75) is 46.2 Å². The van der Waals surface area contributed by atoms with Crippen LogP contribution in [0.3, 0.4) is 0 Å². The predicted octanol–water partition coefficient (Wildman–Crippen LogP) is 2.63. The fraction of sp³-hybridized carbons (Fsp3) is 0.600. The van der Waals surface area contributed by atoms with E-state index in [-0.39, 0.29) is 0 Å². The molecular weight excluding hydrogens is 324 g/mol. The lowest BCUT2D eigenvalue weighted by atomic mass is 10.2. The molecular formula is C20H34N6. The van der Waals surface area contributed by atoms with Crippen LogP contribution in [0.15, 0.2) is 29.3 Å². The van der Waals surface area contributed by atoms with Crippen molar-refractivity contribution < 1.29 is 0 Å². The second-order valence-electron chi connectivity index (χ2n) is 6.82. The van der Waals surface area contributed by atoms with Gasteiger partial charge in [0.15, 0.2) is 5.96 Å². The maximum atomic E-state index is 4.62. The highest BCUT2D eigenvalue weighted by atomic mass is 15.2. The fourth-order valence-corrected chi connectivity index (χ4v) is 3.03. The van der Waals surface area contributed by atoms with Crippen LogP contribution < -0.4 is 10.6 Å². The number of aliphatic imine (C=N–C) groups is 1. The second kappa shape index (κ2) is 10.2. The molecule has 2 aromatic rings. The molecule has 0 fully saturated rings. The van der Waals surface area contributed by atoms with Crippen LogP contribution in [0.25, 0.3) is 11.0 Å². The number of nitrogens with one attached hydrogen (secondary N) is 2. The summed E-state index contributed by atoms with van der Waals surface area (Å²) in [6.45, 7) is 10.3. The molecule has 1 heterocycles. The molecule has 6 heteroatoms. The van der Waals surface area contributed by atoms with E-state index >= 15 is 0 Å². The number of hydrogen-bond acceptors (Lipinski definition) is 3. The normalized spacial score (nSPS) is 13.4. The van der Waals surface area contributed by atoms with E-state index in [4.69, 9.17) is 0 Å². The van der Waals surface area contributed by atoms with Crippen LogP contribution in [0.2, 0.25) is 0 Å². The molecule has 1 aromatic carbocycles. The largest absolute Gasteiger partial charge is 0.356 e. The van der Waals surface area contributed by atoms with Gasteiger partial charge in [0.05, 0.1) is 11.0 Å². The zero-order valence-corrected chi connectivity index (χ0v) is 16.9. The summed E-state index contributed by atoms with van der Waals surface area (Å²) < 4.78 is 2.29. The Hall–Kier alpha value is -2.08. The molecule has 0 amide bonds. The lowest BCUT2D eigenvalue weighted by Crippen LogP contribution is -2.42. The summed E-state index contributed by atoms with van der Waals surface area (Å²) in [5, 5.41) is 6.79. The van der Waals surface area contributed by atoms with Crippen LogP contribution in [-0.2, 0) is 6.54 Å². The zero-order chi connectivity index (χ0) is 18.9. The Morgan fingerprint density at radius 3 is 2.73 bits per heavy atom. The third kappa shape index (κ3) is 5.46. The summed E-state index contributed by atoms with van der Waals surface area (Å²) in [4.78, 5) is 11.3. The van der Waals surface area contributed by atoms with Crippen LogP contribution in [-0.4, -0.2) is 60.2 Å². The molecule has 1 unspecified atom stereocenters. The van der Waals surface area contributed by atoms with Crippen molar-refractivity contribution in [3.05, 3.63) is 30.1 Å². The number of para-hydroxylation sites is 2. The highest BCUT2D eigenvalue weighted by Gasteiger charge is 2.07. The Kier molecular flexibility index (Phi) is 7.91. The predicted molar refractivity (Wildman–Crippen MR) is 111 cm³/mol. The summed E-state index contributed by atoms with van der Waals surface area (Å²) in [5.41, 5.74) is 2.28. The fourth-order valence-electron chi connectivity index (χ4n) is 3.03. The number of aryl methyl sites for hydroxylation is 2. The van der Waals surface area contributed by atoms with E-state index < -0.39 is 0 Å². The van der Waals surface area contributed by atoms with Gasteiger partial charge < -0.3 is 20.1 Å². The Labute approximate surface area is 157 Å². The van der Waals surface area contributed by atoms with Crippen molar-refractivity contribution in [1.29, 1.82) is 0 Å². The average Bonchev–Trinajstić information content (AvgIpc) is 2.98.